The number of pyridine rings is 1. The zero-order valence-corrected chi connectivity index (χ0v) is 12.3. The second-order valence-electron chi connectivity index (χ2n) is 5.16. The number of anilines is 1. The highest BCUT2D eigenvalue weighted by Crippen LogP contribution is 2.32. The van der Waals surface area contributed by atoms with Gasteiger partial charge in [-0.2, -0.15) is 0 Å². The highest BCUT2D eigenvalue weighted by molar-refractivity contribution is 6.29. The Bertz CT molecular complexity index is 717. The SMILES string of the molecule is Cc1cc(F)cc2c1N(C(=O)c1ccnc(Cl)c1)CCC2. The molecule has 1 aromatic carbocycles. The van der Waals surface area contributed by atoms with Crippen LogP contribution in [0.4, 0.5) is 10.1 Å². The molecule has 0 atom stereocenters. The van der Waals surface area contributed by atoms with E-state index >= 15 is 0 Å². The fourth-order valence-corrected chi connectivity index (χ4v) is 2.99. The first-order chi connectivity index (χ1) is 10.1. The summed E-state index contributed by atoms with van der Waals surface area (Å²) in [6.45, 7) is 2.45. The van der Waals surface area contributed by atoms with Crippen molar-refractivity contribution < 1.29 is 9.18 Å². The van der Waals surface area contributed by atoms with E-state index in [4.69, 9.17) is 11.6 Å². The van der Waals surface area contributed by atoms with E-state index in [1.54, 1.807) is 17.0 Å². The van der Waals surface area contributed by atoms with Gasteiger partial charge in [0.25, 0.3) is 5.91 Å². The van der Waals surface area contributed by atoms with Gasteiger partial charge >= 0.3 is 0 Å². The Morgan fingerprint density at radius 2 is 2.19 bits per heavy atom. The summed E-state index contributed by atoms with van der Waals surface area (Å²) in [5.41, 5.74) is 2.97. The smallest absolute Gasteiger partial charge is 0.258 e. The highest BCUT2D eigenvalue weighted by atomic mass is 35.5. The molecule has 1 amide bonds. The maximum atomic E-state index is 13.5. The van der Waals surface area contributed by atoms with Crippen molar-refractivity contribution in [2.45, 2.75) is 19.8 Å². The van der Waals surface area contributed by atoms with E-state index < -0.39 is 0 Å². The maximum absolute atomic E-state index is 13.5. The van der Waals surface area contributed by atoms with Gasteiger partial charge in [0.15, 0.2) is 0 Å². The summed E-state index contributed by atoms with van der Waals surface area (Å²) in [4.78, 5) is 18.3. The van der Waals surface area contributed by atoms with Gasteiger partial charge in [-0.05, 0) is 55.2 Å². The molecule has 5 heteroatoms. The second kappa shape index (κ2) is 5.45. The molecule has 0 N–H and O–H groups in total. The van der Waals surface area contributed by atoms with Crippen LogP contribution in [0.1, 0.15) is 27.9 Å². The first-order valence-corrected chi connectivity index (χ1v) is 7.16. The molecule has 3 rings (SSSR count). The zero-order valence-electron chi connectivity index (χ0n) is 11.6. The number of carbonyl (C=O) groups excluding carboxylic acids is 1. The molecule has 0 unspecified atom stereocenters. The molecular weight excluding hydrogens is 291 g/mol. The van der Waals surface area contributed by atoms with Crippen LogP contribution in [0.25, 0.3) is 0 Å². The first kappa shape index (κ1) is 14.0. The standard InChI is InChI=1S/C16H14ClFN2O/c1-10-7-13(18)8-11-3-2-6-20(15(10)11)16(21)12-4-5-19-14(17)9-12/h4-5,7-9H,2-3,6H2,1H3. The number of halogens is 2. The lowest BCUT2D eigenvalue weighted by molar-refractivity contribution is 0.0984. The lowest BCUT2D eigenvalue weighted by Crippen LogP contribution is -2.36. The van der Waals surface area contributed by atoms with E-state index in [-0.39, 0.29) is 16.9 Å². The first-order valence-electron chi connectivity index (χ1n) is 6.78. The van der Waals surface area contributed by atoms with Crippen molar-refractivity contribution in [3.8, 4) is 0 Å². The Balaban J connectivity index is 2.04. The van der Waals surface area contributed by atoms with Gasteiger partial charge in [-0.25, -0.2) is 9.37 Å². The van der Waals surface area contributed by atoms with Crippen LogP contribution in [0.3, 0.4) is 0 Å². The summed E-state index contributed by atoms with van der Waals surface area (Å²) in [5.74, 6) is -0.387. The maximum Gasteiger partial charge on any atom is 0.258 e. The van der Waals surface area contributed by atoms with Gasteiger partial charge in [0, 0.05) is 18.3 Å². The van der Waals surface area contributed by atoms with Gasteiger partial charge in [-0.1, -0.05) is 11.6 Å². The summed E-state index contributed by atoms with van der Waals surface area (Å²) in [5, 5.41) is 0.286. The van der Waals surface area contributed by atoms with Gasteiger partial charge in [-0.15, -0.1) is 0 Å². The fourth-order valence-electron chi connectivity index (χ4n) is 2.82. The lowest BCUT2D eigenvalue weighted by atomic mass is 9.97. The topological polar surface area (TPSA) is 33.2 Å². The molecule has 3 nitrogen and oxygen atoms in total. The van der Waals surface area contributed by atoms with Crippen LogP contribution >= 0.6 is 11.6 Å². The Kier molecular flexibility index (Phi) is 3.64. The number of rotatable bonds is 1. The van der Waals surface area contributed by atoms with E-state index in [1.165, 1.54) is 18.3 Å². The summed E-state index contributed by atoms with van der Waals surface area (Å²) < 4.78 is 13.5. The van der Waals surface area contributed by atoms with Crippen LogP contribution < -0.4 is 4.90 Å². The Hall–Kier alpha value is -1.94. The Morgan fingerprint density at radius 3 is 2.95 bits per heavy atom. The van der Waals surface area contributed by atoms with Gasteiger partial charge in [-0.3, -0.25) is 4.79 Å². The average Bonchev–Trinajstić information content (AvgIpc) is 2.45. The predicted molar refractivity (Wildman–Crippen MR) is 80.4 cm³/mol. The van der Waals surface area contributed by atoms with E-state index in [0.717, 1.165) is 29.7 Å². The summed E-state index contributed by atoms with van der Waals surface area (Å²) in [7, 11) is 0. The van der Waals surface area contributed by atoms with Crippen molar-refractivity contribution in [1.29, 1.82) is 0 Å². The number of hydrogen-bond acceptors (Lipinski definition) is 2. The van der Waals surface area contributed by atoms with Crippen LogP contribution in [-0.4, -0.2) is 17.4 Å². The number of carbonyl (C=O) groups is 1. The molecule has 0 saturated carbocycles. The third-order valence-corrected chi connectivity index (χ3v) is 3.87. The summed E-state index contributed by atoms with van der Waals surface area (Å²) >= 11 is 5.85. The average molecular weight is 305 g/mol. The van der Waals surface area contributed by atoms with Crippen LogP contribution in [0, 0.1) is 12.7 Å². The van der Waals surface area contributed by atoms with Gasteiger partial charge in [0.1, 0.15) is 11.0 Å². The van der Waals surface area contributed by atoms with Crippen molar-refractivity contribution in [3.05, 3.63) is 58.1 Å². The minimum atomic E-state index is -0.257. The monoisotopic (exact) mass is 304 g/mol. The van der Waals surface area contributed by atoms with Crippen LogP contribution in [0.15, 0.2) is 30.5 Å². The third kappa shape index (κ3) is 2.63. The van der Waals surface area contributed by atoms with Gasteiger partial charge in [0.05, 0.1) is 5.69 Å². The number of aromatic nitrogens is 1. The van der Waals surface area contributed by atoms with E-state index in [9.17, 15) is 9.18 Å². The predicted octanol–water partition coefficient (Wildman–Crippen LogP) is 3.78. The molecule has 0 bridgehead atoms. The molecule has 108 valence electrons. The number of benzene rings is 1. The number of aryl methyl sites for hydroxylation is 2. The fraction of sp³-hybridized carbons (Fsp3) is 0.250. The molecule has 0 aliphatic carbocycles. The van der Waals surface area contributed by atoms with Gasteiger partial charge in [0.2, 0.25) is 0 Å². The van der Waals surface area contributed by atoms with Crippen LogP contribution in [-0.2, 0) is 6.42 Å². The summed E-state index contributed by atoms with van der Waals surface area (Å²) in [6.07, 6.45) is 3.12. The molecule has 1 aliphatic heterocycles. The van der Waals surface area contributed by atoms with E-state index in [2.05, 4.69) is 4.98 Å². The third-order valence-electron chi connectivity index (χ3n) is 3.66. The van der Waals surface area contributed by atoms with E-state index in [1.807, 2.05) is 6.92 Å². The van der Waals surface area contributed by atoms with Crippen LogP contribution in [0.5, 0.6) is 0 Å². The number of amides is 1. The Labute approximate surface area is 127 Å². The molecule has 1 aliphatic rings. The second-order valence-corrected chi connectivity index (χ2v) is 5.55. The molecule has 2 heterocycles. The number of fused-ring (bicyclic) bond motifs is 1. The minimum absolute atomic E-state index is 0.130. The zero-order chi connectivity index (χ0) is 15.0. The molecular formula is C16H14ClFN2O. The minimum Gasteiger partial charge on any atom is -0.308 e. The van der Waals surface area contributed by atoms with Crippen molar-refractivity contribution in [3.63, 3.8) is 0 Å². The van der Waals surface area contributed by atoms with Crippen molar-refractivity contribution in [2.75, 3.05) is 11.4 Å². The molecule has 1 aromatic heterocycles. The molecule has 0 fully saturated rings. The highest BCUT2D eigenvalue weighted by Gasteiger charge is 2.26. The van der Waals surface area contributed by atoms with Crippen molar-refractivity contribution >= 4 is 23.2 Å². The van der Waals surface area contributed by atoms with E-state index in [0.29, 0.717) is 12.1 Å². The number of nitrogens with zero attached hydrogens (tertiary/aromatic N) is 2. The van der Waals surface area contributed by atoms with Crippen molar-refractivity contribution in [2.24, 2.45) is 0 Å². The normalized spacial score (nSPS) is 14.0. The largest absolute Gasteiger partial charge is 0.308 e. The van der Waals surface area contributed by atoms with Crippen LogP contribution in [0.2, 0.25) is 5.15 Å². The Morgan fingerprint density at radius 1 is 1.38 bits per heavy atom. The molecule has 2 aromatic rings. The quantitative estimate of drug-likeness (QED) is 0.751. The molecule has 0 spiro atoms. The summed E-state index contributed by atoms with van der Waals surface area (Å²) in [6, 6.07) is 6.17. The number of hydrogen-bond donors (Lipinski definition) is 0. The molecule has 0 saturated heterocycles. The van der Waals surface area contributed by atoms with Gasteiger partial charge < -0.3 is 4.90 Å². The molecule has 21 heavy (non-hydrogen) atoms. The lowest BCUT2D eigenvalue weighted by Gasteiger charge is -2.31. The molecule has 0 radical (unpaired) electrons. The van der Waals surface area contributed by atoms with Crippen molar-refractivity contribution in [1.82, 2.24) is 4.98 Å².